The van der Waals surface area contributed by atoms with Gasteiger partial charge in [0.15, 0.2) is 0 Å². The van der Waals surface area contributed by atoms with Crippen molar-refractivity contribution in [1.82, 2.24) is 9.97 Å². The Bertz CT molecular complexity index is 450. The Kier molecular flexibility index (Phi) is 4.93. The topological polar surface area (TPSA) is 64.5 Å². The molecule has 1 saturated heterocycles. The van der Waals surface area contributed by atoms with Crippen molar-refractivity contribution in [2.24, 2.45) is 0 Å². The largest absolute Gasteiger partial charge is 0.466 e. The smallest absolute Gasteiger partial charge is 0.311 e. The van der Waals surface area contributed by atoms with Crippen LogP contribution in [0.3, 0.4) is 0 Å². The molecule has 19 heavy (non-hydrogen) atoms. The summed E-state index contributed by atoms with van der Waals surface area (Å²) in [5.74, 6) is 0.222. The number of esters is 1. The van der Waals surface area contributed by atoms with Crippen molar-refractivity contribution in [3.05, 3.63) is 16.9 Å². The number of aromatic nitrogens is 2. The SMILES string of the molecule is CCOC(=O)Cc1cc(Cl)nc(N2CCOCC2)n1. The predicted octanol–water partition coefficient (Wildman–Crippen LogP) is 1.07. The van der Waals surface area contributed by atoms with Gasteiger partial charge in [0, 0.05) is 13.1 Å². The molecule has 1 aliphatic heterocycles. The molecule has 1 aromatic rings. The van der Waals surface area contributed by atoms with Gasteiger partial charge in [-0.25, -0.2) is 9.97 Å². The summed E-state index contributed by atoms with van der Waals surface area (Å²) < 4.78 is 10.2. The van der Waals surface area contributed by atoms with Gasteiger partial charge < -0.3 is 14.4 Å². The van der Waals surface area contributed by atoms with Crippen LogP contribution in [0.15, 0.2) is 6.07 Å². The Morgan fingerprint density at radius 1 is 1.47 bits per heavy atom. The summed E-state index contributed by atoms with van der Waals surface area (Å²) >= 11 is 5.97. The van der Waals surface area contributed by atoms with Crippen LogP contribution in [0, 0.1) is 0 Å². The van der Waals surface area contributed by atoms with E-state index in [2.05, 4.69) is 9.97 Å². The fourth-order valence-corrected chi connectivity index (χ4v) is 2.01. The third kappa shape index (κ3) is 4.04. The molecule has 104 valence electrons. The van der Waals surface area contributed by atoms with E-state index >= 15 is 0 Å². The third-order valence-electron chi connectivity index (χ3n) is 2.66. The van der Waals surface area contributed by atoms with E-state index in [4.69, 9.17) is 21.1 Å². The van der Waals surface area contributed by atoms with E-state index in [1.165, 1.54) is 0 Å². The van der Waals surface area contributed by atoms with Crippen molar-refractivity contribution in [1.29, 1.82) is 0 Å². The van der Waals surface area contributed by atoms with Crippen molar-refractivity contribution in [2.45, 2.75) is 13.3 Å². The Morgan fingerprint density at radius 3 is 2.89 bits per heavy atom. The molecule has 0 radical (unpaired) electrons. The molecule has 1 aromatic heterocycles. The Balaban J connectivity index is 2.11. The van der Waals surface area contributed by atoms with E-state index in [0.717, 1.165) is 13.1 Å². The number of nitrogens with zero attached hydrogens (tertiary/aromatic N) is 3. The second-order valence-corrected chi connectivity index (χ2v) is 4.45. The molecule has 2 heterocycles. The highest BCUT2D eigenvalue weighted by molar-refractivity contribution is 6.29. The molecule has 2 rings (SSSR count). The highest BCUT2D eigenvalue weighted by Crippen LogP contribution is 2.16. The quantitative estimate of drug-likeness (QED) is 0.609. The standard InChI is InChI=1S/C12H16ClN3O3/c1-2-19-11(17)8-9-7-10(13)15-12(14-9)16-3-5-18-6-4-16/h7H,2-6,8H2,1H3. The van der Waals surface area contributed by atoms with Gasteiger partial charge in [-0.2, -0.15) is 0 Å². The average molecular weight is 286 g/mol. The maximum absolute atomic E-state index is 11.5. The zero-order valence-corrected chi connectivity index (χ0v) is 11.5. The molecule has 1 fully saturated rings. The van der Waals surface area contributed by atoms with Crippen LogP contribution in [-0.2, 0) is 20.7 Å². The summed E-state index contributed by atoms with van der Waals surface area (Å²) in [4.78, 5) is 22.0. The first-order chi connectivity index (χ1) is 9.19. The second-order valence-electron chi connectivity index (χ2n) is 4.06. The summed E-state index contributed by atoms with van der Waals surface area (Å²) in [5, 5.41) is 0.329. The number of carbonyl (C=O) groups is 1. The van der Waals surface area contributed by atoms with Gasteiger partial charge >= 0.3 is 5.97 Å². The molecule has 6 nitrogen and oxygen atoms in total. The molecule has 0 amide bonds. The van der Waals surface area contributed by atoms with Crippen molar-refractivity contribution >= 4 is 23.5 Å². The number of hydrogen-bond donors (Lipinski definition) is 0. The summed E-state index contributed by atoms with van der Waals surface area (Å²) in [6.45, 7) is 4.85. The van der Waals surface area contributed by atoms with Crippen LogP contribution < -0.4 is 4.90 Å². The van der Waals surface area contributed by atoms with Crippen LogP contribution in [0.2, 0.25) is 5.15 Å². The van der Waals surface area contributed by atoms with Crippen LogP contribution in [0.25, 0.3) is 0 Å². The lowest BCUT2D eigenvalue weighted by atomic mass is 10.3. The van der Waals surface area contributed by atoms with E-state index < -0.39 is 0 Å². The minimum atomic E-state index is -0.315. The number of ether oxygens (including phenoxy) is 2. The number of halogens is 1. The first-order valence-corrected chi connectivity index (χ1v) is 6.58. The van der Waals surface area contributed by atoms with Gasteiger partial charge in [-0.1, -0.05) is 11.6 Å². The average Bonchev–Trinajstić information content (AvgIpc) is 2.39. The molecular weight excluding hydrogens is 270 g/mol. The number of morpholine rings is 1. The van der Waals surface area contributed by atoms with Crippen LogP contribution in [0.5, 0.6) is 0 Å². The van der Waals surface area contributed by atoms with Crippen LogP contribution >= 0.6 is 11.6 Å². The number of carbonyl (C=O) groups excluding carboxylic acids is 1. The monoisotopic (exact) mass is 285 g/mol. The summed E-state index contributed by atoms with van der Waals surface area (Å²) in [7, 11) is 0. The Labute approximate surface area is 116 Å². The summed E-state index contributed by atoms with van der Waals surface area (Å²) in [6.07, 6.45) is 0.105. The predicted molar refractivity (Wildman–Crippen MR) is 70.4 cm³/mol. The second kappa shape index (κ2) is 6.68. The van der Waals surface area contributed by atoms with Gasteiger partial charge in [0.2, 0.25) is 5.95 Å². The van der Waals surface area contributed by atoms with Gasteiger partial charge in [0.25, 0.3) is 0 Å². The summed E-state index contributed by atoms with van der Waals surface area (Å²) in [6, 6.07) is 1.59. The van der Waals surface area contributed by atoms with Crippen molar-refractivity contribution in [3.8, 4) is 0 Å². The molecule has 0 bridgehead atoms. The molecule has 0 N–H and O–H groups in total. The lowest BCUT2D eigenvalue weighted by Crippen LogP contribution is -2.37. The van der Waals surface area contributed by atoms with Crippen LogP contribution in [-0.4, -0.2) is 48.8 Å². The van der Waals surface area contributed by atoms with Gasteiger partial charge in [0.1, 0.15) is 5.15 Å². The molecule has 0 spiro atoms. The van der Waals surface area contributed by atoms with Crippen molar-refractivity contribution in [3.63, 3.8) is 0 Å². The van der Waals surface area contributed by atoms with E-state index in [0.29, 0.717) is 36.6 Å². The Morgan fingerprint density at radius 2 is 2.21 bits per heavy atom. The van der Waals surface area contributed by atoms with Crippen molar-refractivity contribution < 1.29 is 14.3 Å². The first-order valence-electron chi connectivity index (χ1n) is 6.21. The van der Waals surface area contributed by atoms with Gasteiger partial charge in [0.05, 0.1) is 31.9 Å². The van der Waals surface area contributed by atoms with Gasteiger partial charge in [-0.3, -0.25) is 4.79 Å². The zero-order valence-electron chi connectivity index (χ0n) is 10.8. The van der Waals surface area contributed by atoms with Gasteiger partial charge in [-0.15, -0.1) is 0 Å². The molecule has 7 heteroatoms. The molecule has 0 saturated carbocycles. The highest BCUT2D eigenvalue weighted by Gasteiger charge is 2.16. The third-order valence-corrected chi connectivity index (χ3v) is 2.85. The molecular formula is C12H16ClN3O3. The normalized spacial score (nSPS) is 15.4. The van der Waals surface area contributed by atoms with Crippen molar-refractivity contribution in [2.75, 3.05) is 37.8 Å². The fourth-order valence-electron chi connectivity index (χ4n) is 1.81. The molecule has 0 aliphatic carbocycles. The molecule has 0 aromatic carbocycles. The zero-order chi connectivity index (χ0) is 13.7. The Hall–Kier alpha value is -1.40. The minimum Gasteiger partial charge on any atom is -0.466 e. The van der Waals surface area contributed by atoms with Gasteiger partial charge in [-0.05, 0) is 13.0 Å². The lowest BCUT2D eigenvalue weighted by molar-refractivity contribution is -0.142. The first kappa shape index (κ1) is 14.0. The maximum Gasteiger partial charge on any atom is 0.311 e. The fraction of sp³-hybridized carbons (Fsp3) is 0.583. The minimum absolute atomic E-state index is 0.105. The van der Waals surface area contributed by atoms with E-state index in [1.807, 2.05) is 4.90 Å². The van der Waals surface area contributed by atoms with E-state index in [-0.39, 0.29) is 12.4 Å². The molecule has 0 unspecified atom stereocenters. The summed E-state index contributed by atoms with van der Waals surface area (Å²) in [5.41, 5.74) is 0.569. The van der Waals surface area contributed by atoms with Crippen LogP contribution in [0.1, 0.15) is 12.6 Å². The number of rotatable bonds is 4. The molecule has 0 atom stereocenters. The van der Waals surface area contributed by atoms with E-state index in [1.54, 1.807) is 13.0 Å². The number of anilines is 1. The maximum atomic E-state index is 11.5. The highest BCUT2D eigenvalue weighted by atomic mass is 35.5. The van der Waals surface area contributed by atoms with E-state index in [9.17, 15) is 4.79 Å². The lowest BCUT2D eigenvalue weighted by Gasteiger charge is -2.27. The number of hydrogen-bond acceptors (Lipinski definition) is 6. The van der Waals surface area contributed by atoms with Crippen LogP contribution in [0.4, 0.5) is 5.95 Å². The molecule has 1 aliphatic rings.